The average molecular weight is 339 g/mol. The number of hydrogen-bond donors (Lipinski definition) is 0. The van der Waals surface area contributed by atoms with Gasteiger partial charge in [-0.25, -0.2) is 4.99 Å². The minimum absolute atomic E-state index is 0.0366. The summed E-state index contributed by atoms with van der Waals surface area (Å²) in [5.41, 5.74) is 2.88. The van der Waals surface area contributed by atoms with Gasteiger partial charge in [0.2, 0.25) is 5.90 Å². The van der Waals surface area contributed by atoms with Crippen molar-refractivity contribution in [2.75, 3.05) is 20.3 Å². The van der Waals surface area contributed by atoms with Gasteiger partial charge in [-0.1, -0.05) is 13.3 Å². The zero-order valence-corrected chi connectivity index (χ0v) is 14.5. The van der Waals surface area contributed by atoms with Crippen LogP contribution in [0.4, 0.5) is 5.69 Å². The van der Waals surface area contributed by atoms with E-state index in [-0.39, 0.29) is 6.10 Å². The number of rotatable bonds is 4. The van der Waals surface area contributed by atoms with Crippen LogP contribution in [0.1, 0.15) is 37.0 Å². The van der Waals surface area contributed by atoms with Gasteiger partial charge >= 0.3 is 0 Å². The Morgan fingerprint density at radius 3 is 2.48 bits per heavy atom. The van der Waals surface area contributed by atoms with Crippen molar-refractivity contribution in [3.8, 4) is 17.2 Å². The first-order valence-corrected chi connectivity index (χ1v) is 8.62. The van der Waals surface area contributed by atoms with Gasteiger partial charge in [-0.3, -0.25) is 0 Å². The Morgan fingerprint density at radius 2 is 1.80 bits per heavy atom. The summed E-state index contributed by atoms with van der Waals surface area (Å²) in [7, 11) is 1.66. The highest BCUT2D eigenvalue weighted by molar-refractivity contribution is 5.97. The van der Waals surface area contributed by atoms with Crippen molar-refractivity contribution >= 4 is 11.6 Å². The summed E-state index contributed by atoms with van der Waals surface area (Å²) in [6, 6.07) is 11.7. The van der Waals surface area contributed by atoms with Crippen molar-refractivity contribution in [1.29, 1.82) is 0 Å². The molecule has 0 N–H and O–H groups in total. The molecule has 5 heteroatoms. The Morgan fingerprint density at radius 1 is 1.08 bits per heavy atom. The molecular weight excluding hydrogens is 318 g/mol. The monoisotopic (exact) mass is 339 g/mol. The van der Waals surface area contributed by atoms with Crippen molar-refractivity contribution in [1.82, 2.24) is 0 Å². The molecule has 130 valence electrons. The zero-order chi connectivity index (χ0) is 17.2. The van der Waals surface area contributed by atoms with Crippen LogP contribution in [0, 0.1) is 0 Å². The number of nitrogens with zero attached hydrogens (tertiary/aromatic N) is 1. The highest BCUT2D eigenvalue weighted by atomic mass is 16.6. The smallest absolute Gasteiger partial charge is 0.221 e. The molecule has 0 aromatic heterocycles. The van der Waals surface area contributed by atoms with E-state index in [1.54, 1.807) is 7.11 Å². The topological polar surface area (TPSA) is 49.3 Å². The van der Waals surface area contributed by atoms with E-state index >= 15 is 0 Å². The van der Waals surface area contributed by atoms with E-state index in [4.69, 9.17) is 23.9 Å². The average Bonchev–Trinajstić information content (AvgIpc) is 2.66. The summed E-state index contributed by atoms with van der Waals surface area (Å²) in [5.74, 6) is 2.97. The van der Waals surface area contributed by atoms with E-state index in [0.717, 1.165) is 46.9 Å². The van der Waals surface area contributed by atoms with Gasteiger partial charge in [-0.05, 0) is 36.8 Å². The third-order valence-corrected chi connectivity index (χ3v) is 4.40. The van der Waals surface area contributed by atoms with Crippen LogP contribution in [0.5, 0.6) is 17.2 Å². The predicted octanol–water partition coefficient (Wildman–Crippen LogP) is 4.42. The lowest BCUT2D eigenvalue weighted by Crippen LogP contribution is -2.19. The molecule has 25 heavy (non-hydrogen) atoms. The van der Waals surface area contributed by atoms with Crippen molar-refractivity contribution in [3.63, 3.8) is 0 Å². The van der Waals surface area contributed by atoms with E-state index in [0.29, 0.717) is 19.1 Å². The van der Waals surface area contributed by atoms with Crippen molar-refractivity contribution < 1.29 is 18.9 Å². The Hall–Kier alpha value is -2.69. The van der Waals surface area contributed by atoms with Crippen LogP contribution in [0.25, 0.3) is 0 Å². The van der Waals surface area contributed by atoms with Crippen LogP contribution in [0.15, 0.2) is 41.4 Å². The molecule has 2 heterocycles. The third-order valence-electron chi connectivity index (χ3n) is 4.40. The molecule has 2 aliphatic rings. The Labute approximate surface area is 147 Å². The molecule has 0 fully saturated rings. The third kappa shape index (κ3) is 3.02. The Bertz CT molecular complexity index is 798. The number of hydrogen-bond acceptors (Lipinski definition) is 5. The van der Waals surface area contributed by atoms with Crippen LogP contribution in [0.2, 0.25) is 0 Å². The van der Waals surface area contributed by atoms with Gasteiger partial charge in [-0.15, -0.1) is 0 Å². The highest BCUT2D eigenvalue weighted by Gasteiger charge is 2.27. The predicted molar refractivity (Wildman–Crippen MR) is 95.4 cm³/mol. The van der Waals surface area contributed by atoms with Gasteiger partial charge in [0, 0.05) is 17.2 Å². The fraction of sp³-hybridized carbons (Fsp3) is 0.350. The zero-order valence-electron chi connectivity index (χ0n) is 14.5. The SMILES string of the molecule is CCCC1OC(c2ccc(OC)cc2)=Nc2cc3c(cc21)OCCO3. The van der Waals surface area contributed by atoms with Gasteiger partial charge in [0.25, 0.3) is 0 Å². The van der Waals surface area contributed by atoms with Gasteiger partial charge < -0.3 is 18.9 Å². The van der Waals surface area contributed by atoms with E-state index < -0.39 is 0 Å². The summed E-state index contributed by atoms with van der Waals surface area (Å²) >= 11 is 0. The summed E-state index contributed by atoms with van der Waals surface area (Å²) in [6.07, 6.45) is 1.90. The molecule has 1 unspecified atom stereocenters. The van der Waals surface area contributed by atoms with E-state index in [1.165, 1.54) is 0 Å². The lowest BCUT2D eigenvalue weighted by Gasteiger charge is -2.28. The lowest BCUT2D eigenvalue weighted by molar-refractivity contribution is 0.163. The first-order valence-electron chi connectivity index (χ1n) is 8.62. The molecule has 0 bridgehead atoms. The summed E-state index contributed by atoms with van der Waals surface area (Å²) in [5, 5.41) is 0. The second-order valence-electron chi connectivity index (χ2n) is 6.10. The van der Waals surface area contributed by atoms with E-state index in [2.05, 4.69) is 6.92 Å². The molecule has 0 spiro atoms. The molecule has 4 rings (SSSR count). The molecule has 2 aromatic rings. The molecule has 5 nitrogen and oxygen atoms in total. The molecule has 0 saturated heterocycles. The Balaban J connectivity index is 1.75. The van der Waals surface area contributed by atoms with Crippen LogP contribution in [-0.2, 0) is 4.74 Å². The molecule has 2 aliphatic heterocycles. The maximum atomic E-state index is 6.22. The normalized spacial score (nSPS) is 18.0. The second-order valence-corrected chi connectivity index (χ2v) is 6.10. The van der Waals surface area contributed by atoms with Crippen molar-refractivity contribution in [2.45, 2.75) is 25.9 Å². The maximum Gasteiger partial charge on any atom is 0.221 e. The number of aliphatic imine (C=N–C) groups is 1. The fourth-order valence-corrected chi connectivity index (χ4v) is 3.13. The van der Waals surface area contributed by atoms with Gasteiger partial charge in [0.1, 0.15) is 25.1 Å². The summed E-state index contributed by atoms with van der Waals surface area (Å²) < 4.78 is 22.9. The van der Waals surface area contributed by atoms with E-state index in [1.807, 2.05) is 36.4 Å². The van der Waals surface area contributed by atoms with Gasteiger partial charge in [0.05, 0.1) is 12.8 Å². The number of fused-ring (bicyclic) bond motifs is 2. The van der Waals surface area contributed by atoms with Crippen LogP contribution in [-0.4, -0.2) is 26.2 Å². The standard InChI is InChI=1S/C20H21NO4/c1-3-4-17-15-11-18-19(24-10-9-23-18)12-16(15)21-20(25-17)13-5-7-14(22-2)8-6-13/h5-8,11-12,17H,3-4,9-10H2,1-2H3. The maximum absolute atomic E-state index is 6.22. The molecule has 0 aliphatic carbocycles. The quantitative estimate of drug-likeness (QED) is 0.827. The summed E-state index contributed by atoms with van der Waals surface area (Å²) in [4.78, 5) is 4.73. The summed E-state index contributed by atoms with van der Waals surface area (Å²) in [6.45, 7) is 3.29. The lowest BCUT2D eigenvalue weighted by atomic mass is 10.0. The van der Waals surface area contributed by atoms with Gasteiger partial charge in [0.15, 0.2) is 11.5 Å². The van der Waals surface area contributed by atoms with E-state index in [9.17, 15) is 0 Å². The van der Waals surface area contributed by atoms with Crippen LogP contribution >= 0.6 is 0 Å². The largest absolute Gasteiger partial charge is 0.497 e. The van der Waals surface area contributed by atoms with Crippen molar-refractivity contribution in [3.05, 3.63) is 47.5 Å². The molecule has 0 radical (unpaired) electrons. The van der Waals surface area contributed by atoms with Crippen molar-refractivity contribution in [2.24, 2.45) is 4.99 Å². The molecule has 1 atom stereocenters. The molecule has 2 aromatic carbocycles. The highest BCUT2D eigenvalue weighted by Crippen LogP contribution is 2.44. The number of methoxy groups -OCH3 is 1. The second kappa shape index (κ2) is 6.67. The van der Waals surface area contributed by atoms with Crippen LogP contribution < -0.4 is 14.2 Å². The first kappa shape index (κ1) is 15.8. The number of ether oxygens (including phenoxy) is 4. The minimum Gasteiger partial charge on any atom is -0.497 e. The minimum atomic E-state index is -0.0366. The fourth-order valence-electron chi connectivity index (χ4n) is 3.13. The molecular formula is C20H21NO4. The number of benzene rings is 2. The molecule has 0 saturated carbocycles. The molecule has 0 amide bonds. The van der Waals surface area contributed by atoms with Crippen LogP contribution in [0.3, 0.4) is 0 Å². The Kier molecular flexibility index (Phi) is 4.22. The first-order chi connectivity index (χ1) is 12.3. The van der Waals surface area contributed by atoms with Gasteiger partial charge in [-0.2, -0.15) is 0 Å².